The number of sulfone groups is 1. The summed E-state index contributed by atoms with van der Waals surface area (Å²) in [6, 6.07) is 7.95. The van der Waals surface area contributed by atoms with Crippen LogP contribution in [-0.2, 0) is 16.4 Å². The van der Waals surface area contributed by atoms with Gasteiger partial charge in [-0.1, -0.05) is 12.1 Å². The molecule has 20 heavy (non-hydrogen) atoms. The van der Waals surface area contributed by atoms with Crippen LogP contribution in [0.25, 0.3) is 0 Å². The van der Waals surface area contributed by atoms with Crippen LogP contribution in [0.4, 0.5) is 0 Å². The molecule has 0 saturated heterocycles. The number of aromatic nitrogens is 2. The van der Waals surface area contributed by atoms with Crippen molar-refractivity contribution in [3.8, 4) is 0 Å². The summed E-state index contributed by atoms with van der Waals surface area (Å²) in [6.45, 7) is 2.14. The van der Waals surface area contributed by atoms with Crippen molar-refractivity contribution in [3.05, 3.63) is 47.8 Å². The number of aryl methyl sites for hydroxylation is 2. The Balaban J connectivity index is 2.17. The maximum Gasteiger partial charge on any atom is 0.180 e. The van der Waals surface area contributed by atoms with Gasteiger partial charge in [0.15, 0.2) is 9.84 Å². The van der Waals surface area contributed by atoms with Crippen LogP contribution >= 0.6 is 0 Å². The Morgan fingerprint density at radius 2 is 2.15 bits per heavy atom. The van der Waals surface area contributed by atoms with Crippen LogP contribution < -0.4 is 5.73 Å². The SMILES string of the molecule is Cc1ccn(CCS(=O)(=O)c2cccc(C(=N)N)c2)n1. The highest BCUT2D eigenvalue weighted by Crippen LogP contribution is 2.13. The van der Waals surface area contributed by atoms with E-state index >= 15 is 0 Å². The van der Waals surface area contributed by atoms with Gasteiger partial charge in [-0.05, 0) is 25.1 Å². The van der Waals surface area contributed by atoms with Crippen molar-refractivity contribution in [2.45, 2.75) is 18.4 Å². The Bertz CT molecular complexity index is 734. The van der Waals surface area contributed by atoms with E-state index in [-0.39, 0.29) is 16.5 Å². The van der Waals surface area contributed by atoms with Crippen LogP contribution in [0, 0.1) is 12.3 Å². The lowest BCUT2D eigenvalue weighted by Gasteiger charge is -2.06. The summed E-state index contributed by atoms with van der Waals surface area (Å²) in [5, 5.41) is 11.5. The van der Waals surface area contributed by atoms with Gasteiger partial charge in [0.25, 0.3) is 0 Å². The molecule has 0 aliphatic rings. The van der Waals surface area contributed by atoms with E-state index in [1.54, 1.807) is 23.0 Å². The van der Waals surface area contributed by atoms with E-state index in [0.29, 0.717) is 12.1 Å². The van der Waals surface area contributed by atoms with Crippen LogP contribution in [-0.4, -0.2) is 29.8 Å². The fourth-order valence-electron chi connectivity index (χ4n) is 1.78. The first-order valence-electron chi connectivity index (χ1n) is 6.06. The summed E-state index contributed by atoms with van der Waals surface area (Å²) >= 11 is 0. The van der Waals surface area contributed by atoms with E-state index in [1.165, 1.54) is 12.1 Å². The third-order valence-electron chi connectivity index (χ3n) is 2.87. The molecule has 106 valence electrons. The van der Waals surface area contributed by atoms with E-state index in [9.17, 15) is 8.42 Å². The molecule has 7 heteroatoms. The molecule has 0 bridgehead atoms. The first kappa shape index (κ1) is 14.3. The number of rotatable bonds is 5. The number of nitrogens with two attached hydrogens (primary N) is 1. The zero-order valence-electron chi connectivity index (χ0n) is 11.1. The van der Waals surface area contributed by atoms with Gasteiger partial charge >= 0.3 is 0 Å². The van der Waals surface area contributed by atoms with E-state index in [0.717, 1.165) is 5.69 Å². The lowest BCUT2D eigenvalue weighted by atomic mass is 10.2. The number of nitrogens with one attached hydrogen (secondary N) is 1. The van der Waals surface area contributed by atoms with Gasteiger partial charge in [-0.15, -0.1) is 0 Å². The molecule has 0 spiro atoms. The number of hydrogen-bond acceptors (Lipinski definition) is 4. The van der Waals surface area contributed by atoms with Gasteiger partial charge in [-0.3, -0.25) is 10.1 Å². The molecule has 0 aliphatic carbocycles. The molecule has 0 radical (unpaired) electrons. The van der Waals surface area contributed by atoms with Gasteiger partial charge in [-0.25, -0.2) is 8.42 Å². The summed E-state index contributed by atoms with van der Waals surface area (Å²) in [5.41, 5.74) is 6.62. The first-order valence-corrected chi connectivity index (χ1v) is 7.71. The van der Waals surface area contributed by atoms with Crippen molar-refractivity contribution in [2.24, 2.45) is 5.73 Å². The Morgan fingerprint density at radius 1 is 1.40 bits per heavy atom. The van der Waals surface area contributed by atoms with E-state index in [1.807, 2.05) is 13.0 Å². The second kappa shape index (κ2) is 5.46. The summed E-state index contributed by atoms with van der Waals surface area (Å²) in [5.74, 6) is -0.195. The van der Waals surface area contributed by atoms with Crippen LogP contribution in [0.1, 0.15) is 11.3 Å². The second-order valence-corrected chi connectivity index (χ2v) is 6.59. The predicted octanol–water partition coefficient (Wildman–Crippen LogP) is 0.949. The molecule has 0 fully saturated rings. The lowest BCUT2D eigenvalue weighted by molar-refractivity contribution is 0.580. The average molecular weight is 292 g/mol. The molecule has 0 atom stereocenters. The molecule has 0 aliphatic heterocycles. The van der Waals surface area contributed by atoms with Crippen molar-refractivity contribution in [1.82, 2.24) is 9.78 Å². The van der Waals surface area contributed by atoms with Gasteiger partial charge < -0.3 is 5.73 Å². The Hall–Kier alpha value is -2.15. The van der Waals surface area contributed by atoms with Crippen molar-refractivity contribution in [3.63, 3.8) is 0 Å². The molecule has 6 nitrogen and oxygen atoms in total. The minimum absolute atomic E-state index is 0.0462. The van der Waals surface area contributed by atoms with Crippen LogP contribution in [0.3, 0.4) is 0 Å². The fraction of sp³-hybridized carbons (Fsp3) is 0.231. The fourth-order valence-corrected chi connectivity index (χ4v) is 3.03. The zero-order chi connectivity index (χ0) is 14.8. The second-order valence-electron chi connectivity index (χ2n) is 4.48. The average Bonchev–Trinajstić information content (AvgIpc) is 2.82. The standard InChI is InChI=1S/C13H16N4O2S/c1-10-5-6-17(16-10)7-8-20(18,19)12-4-2-3-11(9-12)13(14)15/h2-6,9H,7-8H2,1H3,(H3,14,15). The Labute approximate surface area is 117 Å². The molecular formula is C13H16N4O2S. The number of nitrogen functional groups attached to an aromatic ring is 1. The van der Waals surface area contributed by atoms with Gasteiger partial charge in [0.05, 0.1) is 22.9 Å². The quantitative estimate of drug-likeness (QED) is 0.632. The maximum atomic E-state index is 12.2. The van der Waals surface area contributed by atoms with Crippen LogP contribution in [0.15, 0.2) is 41.4 Å². The van der Waals surface area contributed by atoms with Crippen molar-refractivity contribution in [1.29, 1.82) is 5.41 Å². The summed E-state index contributed by atoms with van der Waals surface area (Å²) < 4.78 is 26.1. The highest BCUT2D eigenvalue weighted by Gasteiger charge is 2.15. The summed E-state index contributed by atoms with van der Waals surface area (Å²) in [7, 11) is -3.42. The third-order valence-corrected chi connectivity index (χ3v) is 4.56. The summed E-state index contributed by atoms with van der Waals surface area (Å²) in [6.07, 6.45) is 1.75. The number of amidine groups is 1. The highest BCUT2D eigenvalue weighted by molar-refractivity contribution is 7.91. The van der Waals surface area contributed by atoms with Gasteiger partial charge in [-0.2, -0.15) is 5.10 Å². The molecule has 0 amide bonds. The monoisotopic (exact) mass is 292 g/mol. The van der Waals surface area contributed by atoms with Crippen molar-refractivity contribution < 1.29 is 8.42 Å². The largest absolute Gasteiger partial charge is 0.384 e. The number of benzene rings is 1. The molecule has 2 aromatic rings. The number of hydrogen-bond donors (Lipinski definition) is 2. The predicted molar refractivity (Wildman–Crippen MR) is 76.5 cm³/mol. The topological polar surface area (TPSA) is 102 Å². The van der Waals surface area contributed by atoms with Gasteiger partial charge in [0.1, 0.15) is 5.84 Å². The number of nitrogens with zero attached hydrogens (tertiary/aromatic N) is 2. The zero-order valence-corrected chi connectivity index (χ0v) is 11.9. The molecule has 1 aromatic carbocycles. The normalized spacial score (nSPS) is 11.4. The van der Waals surface area contributed by atoms with Gasteiger partial charge in [0, 0.05) is 11.8 Å². The molecule has 2 rings (SSSR count). The molecule has 3 N–H and O–H groups in total. The van der Waals surface area contributed by atoms with E-state index in [4.69, 9.17) is 11.1 Å². The lowest BCUT2D eigenvalue weighted by Crippen LogP contribution is -2.15. The van der Waals surface area contributed by atoms with Crippen molar-refractivity contribution in [2.75, 3.05) is 5.75 Å². The van der Waals surface area contributed by atoms with Crippen LogP contribution in [0.5, 0.6) is 0 Å². The first-order chi connectivity index (χ1) is 9.38. The molecular weight excluding hydrogens is 276 g/mol. The molecule has 1 aromatic heterocycles. The van der Waals surface area contributed by atoms with Crippen LogP contribution in [0.2, 0.25) is 0 Å². The van der Waals surface area contributed by atoms with E-state index < -0.39 is 9.84 Å². The Kier molecular flexibility index (Phi) is 3.89. The molecule has 0 saturated carbocycles. The van der Waals surface area contributed by atoms with Crippen molar-refractivity contribution >= 4 is 15.7 Å². The maximum absolute atomic E-state index is 12.2. The smallest absolute Gasteiger partial charge is 0.180 e. The highest BCUT2D eigenvalue weighted by atomic mass is 32.2. The van der Waals surface area contributed by atoms with E-state index in [2.05, 4.69) is 5.10 Å². The molecule has 1 heterocycles. The minimum atomic E-state index is -3.42. The minimum Gasteiger partial charge on any atom is -0.384 e. The Morgan fingerprint density at radius 3 is 2.75 bits per heavy atom. The third kappa shape index (κ3) is 3.24. The molecule has 0 unspecified atom stereocenters. The van der Waals surface area contributed by atoms with Gasteiger partial charge in [0.2, 0.25) is 0 Å². The summed E-state index contributed by atoms with van der Waals surface area (Å²) in [4.78, 5) is 0.175.